The van der Waals surface area contributed by atoms with E-state index in [1.165, 1.54) is 7.11 Å². The molecule has 0 aliphatic heterocycles. The van der Waals surface area contributed by atoms with E-state index in [0.717, 1.165) is 0 Å². The Morgan fingerprint density at radius 2 is 1.88 bits per heavy atom. The average molecular weight is 242 g/mol. The summed E-state index contributed by atoms with van der Waals surface area (Å²) in [5.41, 5.74) is 1.02. The third-order valence-electron chi connectivity index (χ3n) is 1.93. The molecular formula is C11H12ClNO3. The zero-order chi connectivity index (χ0) is 12.1. The highest BCUT2D eigenvalue weighted by atomic mass is 35.5. The van der Waals surface area contributed by atoms with Gasteiger partial charge in [-0.1, -0.05) is 0 Å². The van der Waals surface area contributed by atoms with Crippen LogP contribution in [0, 0.1) is 0 Å². The molecule has 1 N–H and O–H groups in total. The quantitative estimate of drug-likeness (QED) is 0.651. The molecule has 1 amide bonds. The van der Waals surface area contributed by atoms with Gasteiger partial charge in [0.2, 0.25) is 5.91 Å². The normalized spacial score (nSPS) is 11.7. The molecule has 0 saturated heterocycles. The smallest absolute Gasteiger partial charge is 0.337 e. The zero-order valence-electron chi connectivity index (χ0n) is 8.99. The third-order valence-corrected chi connectivity index (χ3v) is 2.13. The van der Waals surface area contributed by atoms with Crippen molar-refractivity contribution < 1.29 is 14.3 Å². The van der Waals surface area contributed by atoms with Crippen molar-refractivity contribution in [3.05, 3.63) is 29.8 Å². The lowest BCUT2D eigenvalue weighted by molar-refractivity contribution is -0.115. The van der Waals surface area contributed by atoms with E-state index in [1.807, 2.05) is 0 Å². The number of methoxy groups -OCH3 is 1. The Kier molecular flexibility index (Phi) is 4.31. The van der Waals surface area contributed by atoms with E-state index in [2.05, 4.69) is 10.1 Å². The number of carbonyl (C=O) groups is 2. The number of halogens is 1. The van der Waals surface area contributed by atoms with Crippen LogP contribution in [0.2, 0.25) is 0 Å². The Bertz CT molecular complexity index is 387. The standard InChI is InChI=1S/C11H12ClNO3/c1-7(12)10(14)13-9-5-3-8(4-6-9)11(15)16-2/h3-7H,1-2H3,(H,13,14). The second-order valence-corrected chi connectivity index (χ2v) is 3.83. The van der Waals surface area contributed by atoms with Crippen LogP contribution < -0.4 is 5.32 Å². The Labute approximate surface area is 98.5 Å². The van der Waals surface area contributed by atoms with Crippen LogP contribution >= 0.6 is 11.6 Å². The molecule has 0 aliphatic rings. The number of esters is 1. The number of hydrogen-bond acceptors (Lipinski definition) is 3. The van der Waals surface area contributed by atoms with Crippen molar-refractivity contribution in [3.63, 3.8) is 0 Å². The summed E-state index contributed by atoms with van der Waals surface area (Å²) in [4.78, 5) is 22.4. The van der Waals surface area contributed by atoms with Gasteiger partial charge in [-0.15, -0.1) is 11.6 Å². The van der Waals surface area contributed by atoms with Crippen LogP contribution in [0.1, 0.15) is 17.3 Å². The maximum absolute atomic E-state index is 11.3. The minimum Gasteiger partial charge on any atom is -0.465 e. The number of hydrogen-bond donors (Lipinski definition) is 1. The molecule has 1 unspecified atom stereocenters. The Balaban J connectivity index is 2.72. The fraction of sp³-hybridized carbons (Fsp3) is 0.273. The minimum atomic E-state index is -0.597. The molecule has 1 rings (SSSR count). The highest BCUT2D eigenvalue weighted by Crippen LogP contribution is 2.11. The first-order valence-electron chi connectivity index (χ1n) is 4.68. The Morgan fingerprint density at radius 3 is 2.31 bits per heavy atom. The molecule has 0 saturated carbocycles. The average Bonchev–Trinajstić information content (AvgIpc) is 2.28. The summed E-state index contributed by atoms with van der Waals surface area (Å²) in [7, 11) is 1.31. The van der Waals surface area contributed by atoms with Crippen molar-refractivity contribution in [2.24, 2.45) is 0 Å². The maximum Gasteiger partial charge on any atom is 0.337 e. The predicted octanol–water partition coefficient (Wildman–Crippen LogP) is 2.04. The summed E-state index contributed by atoms with van der Waals surface area (Å²) in [5.74, 6) is -0.698. The van der Waals surface area contributed by atoms with E-state index in [4.69, 9.17) is 11.6 Å². The topological polar surface area (TPSA) is 55.4 Å². The van der Waals surface area contributed by atoms with Gasteiger partial charge < -0.3 is 10.1 Å². The lowest BCUT2D eigenvalue weighted by Gasteiger charge is -2.06. The van der Waals surface area contributed by atoms with Crippen LogP contribution in [-0.4, -0.2) is 24.4 Å². The number of carbonyl (C=O) groups excluding carboxylic acids is 2. The molecule has 0 bridgehead atoms. The maximum atomic E-state index is 11.3. The van der Waals surface area contributed by atoms with Crippen molar-refractivity contribution in [2.45, 2.75) is 12.3 Å². The SMILES string of the molecule is COC(=O)c1ccc(NC(=O)C(C)Cl)cc1. The van der Waals surface area contributed by atoms with Crippen molar-refractivity contribution in [1.82, 2.24) is 0 Å². The van der Waals surface area contributed by atoms with E-state index in [1.54, 1.807) is 31.2 Å². The molecule has 0 fully saturated rings. The fourth-order valence-corrected chi connectivity index (χ4v) is 1.10. The number of rotatable bonds is 3. The van der Waals surface area contributed by atoms with Gasteiger partial charge >= 0.3 is 5.97 Å². The second kappa shape index (κ2) is 5.51. The number of ether oxygens (including phenoxy) is 1. The van der Waals surface area contributed by atoms with Gasteiger partial charge in [-0.2, -0.15) is 0 Å². The number of anilines is 1. The molecule has 0 spiro atoms. The van der Waals surface area contributed by atoms with Gasteiger partial charge in [0, 0.05) is 5.69 Å². The van der Waals surface area contributed by atoms with Crippen LogP contribution in [-0.2, 0) is 9.53 Å². The first kappa shape index (κ1) is 12.5. The molecule has 4 nitrogen and oxygen atoms in total. The summed E-state index contributed by atoms with van der Waals surface area (Å²) in [6, 6.07) is 6.37. The van der Waals surface area contributed by atoms with Gasteiger partial charge in [-0.25, -0.2) is 4.79 Å². The largest absolute Gasteiger partial charge is 0.465 e. The Hall–Kier alpha value is -1.55. The van der Waals surface area contributed by atoms with Crippen LogP contribution in [0.15, 0.2) is 24.3 Å². The molecule has 16 heavy (non-hydrogen) atoms. The van der Waals surface area contributed by atoms with Gasteiger partial charge in [-0.3, -0.25) is 4.79 Å². The number of alkyl halides is 1. The summed E-state index contributed by atoms with van der Waals surface area (Å²) in [5, 5.41) is 2.01. The van der Waals surface area contributed by atoms with Gasteiger partial charge in [0.15, 0.2) is 0 Å². The lowest BCUT2D eigenvalue weighted by Crippen LogP contribution is -2.20. The van der Waals surface area contributed by atoms with Crippen LogP contribution in [0.5, 0.6) is 0 Å². The second-order valence-electron chi connectivity index (χ2n) is 3.17. The first-order chi connectivity index (χ1) is 7.54. The molecule has 0 aromatic heterocycles. The van der Waals surface area contributed by atoms with E-state index in [9.17, 15) is 9.59 Å². The minimum absolute atomic E-state index is 0.285. The lowest BCUT2D eigenvalue weighted by atomic mass is 10.2. The van der Waals surface area contributed by atoms with Crippen LogP contribution in [0.25, 0.3) is 0 Å². The molecule has 5 heteroatoms. The van der Waals surface area contributed by atoms with Gasteiger partial charge in [0.1, 0.15) is 5.38 Å². The number of benzene rings is 1. The first-order valence-corrected chi connectivity index (χ1v) is 5.11. The molecule has 1 aromatic rings. The van der Waals surface area contributed by atoms with Crippen LogP contribution in [0.3, 0.4) is 0 Å². The predicted molar refractivity (Wildman–Crippen MR) is 61.7 cm³/mol. The van der Waals surface area contributed by atoms with Crippen molar-refractivity contribution >= 4 is 29.2 Å². The molecule has 0 radical (unpaired) electrons. The van der Waals surface area contributed by atoms with Gasteiger partial charge in [0.05, 0.1) is 12.7 Å². The Morgan fingerprint density at radius 1 is 1.31 bits per heavy atom. The molecule has 0 heterocycles. The highest BCUT2D eigenvalue weighted by molar-refractivity contribution is 6.32. The summed E-state index contributed by atoms with van der Waals surface area (Å²) in [6.45, 7) is 1.58. The summed E-state index contributed by atoms with van der Waals surface area (Å²) < 4.78 is 4.55. The van der Waals surface area contributed by atoms with Crippen molar-refractivity contribution in [1.29, 1.82) is 0 Å². The summed E-state index contributed by atoms with van der Waals surface area (Å²) in [6.07, 6.45) is 0. The third kappa shape index (κ3) is 3.24. The highest BCUT2D eigenvalue weighted by Gasteiger charge is 2.09. The molecule has 0 aliphatic carbocycles. The molecular weight excluding hydrogens is 230 g/mol. The molecule has 1 atom stereocenters. The van der Waals surface area contributed by atoms with E-state index in [0.29, 0.717) is 11.3 Å². The number of nitrogens with one attached hydrogen (secondary N) is 1. The van der Waals surface area contributed by atoms with Crippen molar-refractivity contribution in [3.8, 4) is 0 Å². The molecule has 1 aromatic carbocycles. The van der Waals surface area contributed by atoms with Crippen LogP contribution in [0.4, 0.5) is 5.69 Å². The van der Waals surface area contributed by atoms with Gasteiger partial charge in [-0.05, 0) is 31.2 Å². The van der Waals surface area contributed by atoms with E-state index >= 15 is 0 Å². The number of amides is 1. The van der Waals surface area contributed by atoms with E-state index < -0.39 is 11.3 Å². The molecule has 86 valence electrons. The zero-order valence-corrected chi connectivity index (χ0v) is 9.75. The fourth-order valence-electron chi connectivity index (χ4n) is 1.05. The van der Waals surface area contributed by atoms with Crippen molar-refractivity contribution in [2.75, 3.05) is 12.4 Å². The van der Waals surface area contributed by atoms with E-state index in [-0.39, 0.29) is 5.91 Å². The monoisotopic (exact) mass is 241 g/mol. The summed E-state index contributed by atoms with van der Waals surface area (Å²) >= 11 is 5.60. The van der Waals surface area contributed by atoms with Gasteiger partial charge in [0.25, 0.3) is 0 Å².